The first-order valence-electron chi connectivity index (χ1n) is 3.79. The van der Waals surface area contributed by atoms with Crippen LogP contribution in [0.15, 0.2) is 17.0 Å². The molecule has 5 nitrogen and oxygen atoms in total. The van der Waals surface area contributed by atoms with E-state index in [0.29, 0.717) is 0 Å². The second-order valence-corrected chi connectivity index (χ2v) is 4.36. The lowest BCUT2D eigenvalue weighted by Crippen LogP contribution is -2.01. The molecule has 0 aliphatic heterocycles. The number of ether oxygens (including phenoxy) is 2. The van der Waals surface area contributed by atoms with E-state index < -0.39 is 15.0 Å². The number of hydrogen-bond acceptors (Lipinski definition) is 4. The van der Waals surface area contributed by atoms with Crippen molar-refractivity contribution in [2.45, 2.75) is 4.90 Å². The summed E-state index contributed by atoms with van der Waals surface area (Å²) >= 11 is 5.73. The maximum atomic E-state index is 10.9. The van der Waals surface area contributed by atoms with Crippen LogP contribution in [0.5, 0.6) is 11.5 Å². The SMILES string of the molecule is COc1ccc(S(=O)(=O)O)c(Cl)c1OC. The minimum atomic E-state index is -4.36. The van der Waals surface area contributed by atoms with Crippen LogP contribution in [0.25, 0.3) is 0 Å². The highest BCUT2D eigenvalue weighted by Gasteiger charge is 2.20. The van der Waals surface area contributed by atoms with Crippen molar-refractivity contribution in [3.8, 4) is 11.5 Å². The zero-order valence-corrected chi connectivity index (χ0v) is 9.59. The maximum Gasteiger partial charge on any atom is 0.296 e. The third-order valence-corrected chi connectivity index (χ3v) is 3.11. The molecule has 1 N–H and O–H groups in total. The zero-order chi connectivity index (χ0) is 11.6. The molecule has 1 rings (SSSR count). The van der Waals surface area contributed by atoms with E-state index in [1.807, 2.05) is 0 Å². The molecule has 0 bridgehead atoms. The maximum absolute atomic E-state index is 10.9. The first-order chi connectivity index (χ1) is 6.91. The van der Waals surface area contributed by atoms with Crippen molar-refractivity contribution in [1.29, 1.82) is 0 Å². The molecule has 0 atom stereocenters. The fourth-order valence-corrected chi connectivity index (χ4v) is 2.16. The molecule has 84 valence electrons. The third-order valence-electron chi connectivity index (χ3n) is 1.73. The number of halogens is 1. The molecular weight excluding hydrogens is 244 g/mol. The molecular formula is C8H9ClO5S. The standard InChI is InChI=1S/C8H9ClO5S/c1-13-5-3-4-6(15(10,11)12)7(9)8(5)14-2/h3-4H,1-2H3,(H,10,11,12). The summed E-state index contributed by atoms with van der Waals surface area (Å²) in [6.45, 7) is 0. The van der Waals surface area contributed by atoms with Crippen LogP contribution in [0, 0.1) is 0 Å². The largest absolute Gasteiger partial charge is 0.493 e. The molecule has 0 aliphatic rings. The van der Waals surface area contributed by atoms with Gasteiger partial charge in [-0.1, -0.05) is 11.6 Å². The highest BCUT2D eigenvalue weighted by Crippen LogP contribution is 2.38. The molecule has 0 spiro atoms. The lowest BCUT2D eigenvalue weighted by atomic mass is 10.3. The summed E-state index contributed by atoms with van der Waals surface area (Å²) in [4.78, 5) is -0.415. The number of rotatable bonds is 3. The number of hydrogen-bond donors (Lipinski definition) is 1. The van der Waals surface area contributed by atoms with Crippen LogP contribution < -0.4 is 9.47 Å². The van der Waals surface area contributed by atoms with Gasteiger partial charge in [-0.15, -0.1) is 0 Å². The second-order valence-electron chi connectivity index (χ2n) is 2.59. The molecule has 0 aromatic heterocycles. The normalized spacial score (nSPS) is 11.2. The van der Waals surface area contributed by atoms with Gasteiger partial charge in [0, 0.05) is 0 Å². The second kappa shape index (κ2) is 4.26. The van der Waals surface area contributed by atoms with Crippen molar-refractivity contribution >= 4 is 21.7 Å². The molecule has 0 saturated carbocycles. The van der Waals surface area contributed by atoms with Gasteiger partial charge < -0.3 is 9.47 Å². The third kappa shape index (κ3) is 2.34. The molecule has 1 aromatic rings. The van der Waals surface area contributed by atoms with Crippen LogP contribution in [0.4, 0.5) is 0 Å². The van der Waals surface area contributed by atoms with Crippen LogP contribution >= 0.6 is 11.6 Å². The Labute approximate surface area is 92.3 Å². The monoisotopic (exact) mass is 252 g/mol. The smallest absolute Gasteiger partial charge is 0.296 e. The summed E-state index contributed by atoms with van der Waals surface area (Å²) in [5, 5.41) is -0.209. The predicted molar refractivity (Wildman–Crippen MR) is 54.4 cm³/mol. The van der Waals surface area contributed by atoms with E-state index in [1.165, 1.54) is 20.3 Å². The van der Waals surface area contributed by atoms with Crippen molar-refractivity contribution < 1.29 is 22.4 Å². The lowest BCUT2D eigenvalue weighted by Gasteiger charge is -2.10. The molecule has 0 unspecified atom stereocenters. The van der Waals surface area contributed by atoms with Gasteiger partial charge in [-0.25, -0.2) is 0 Å². The molecule has 0 fully saturated rings. The van der Waals surface area contributed by atoms with Crippen molar-refractivity contribution in [1.82, 2.24) is 0 Å². The van der Waals surface area contributed by atoms with Gasteiger partial charge in [-0.3, -0.25) is 4.55 Å². The van der Waals surface area contributed by atoms with Crippen molar-refractivity contribution in [3.63, 3.8) is 0 Å². The molecule has 15 heavy (non-hydrogen) atoms. The van der Waals surface area contributed by atoms with E-state index in [-0.39, 0.29) is 16.5 Å². The van der Waals surface area contributed by atoms with Crippen LogP contribution in [0.3, 0.4) is 0 Å². The number of benzene rings is 1. The van der Waals surface area contributed by atoms with Crippen molar-refractivity contribution in [3.05, 3.63) is 17.2 Å². The van der Waals surface area contributed by atoms with Gasteiger partial charge in [0.15, 0.2) is 11.5 Å². The van der Waals surface area contributed by atoms with Crippen molar-refractivity contribution in [2.24, 2.45) is 0 Å². The van der Waals surface area contributed by atoms with Gasteiger partial charge in [0.1, 0.15) is 9.92 Å². The lowest BCUT2D eigenvalue weighted by molar-refractivity contribution is 0.353. The average molecular weight is 253 g/mol. The van der Waals surface area contributed by atoms with Crippen LogP contribution in [-0.4, -0.2) is 27.2 Å². The minimum absolute atomic E-state index is 0.0642. The van der Waals surface area contributed by atoms with E-state index in [9.17, 15) is 8.42 Å². The van der Waals surface area contributed by atoms with Gasteiger partial charge in [0.2, 0.25) is 0 Å². The predicted octanol–water partition coefficient (Wildman–Crippen LogP) is 1.60. The van der Waals surface area contributed by atoms with Gasteiger partial charge in [-0.05, 0) is 12.1 Å². The van der Waals surface area contributed by atoms with Crippen LogP contribution in [0.1, 0.15) is 0 Å². The molecule has 0 aliphatic carbocycles. The number of methoxy groups -OCH3 is 2. The van der Waals surface area contributed by atoms with Gasteiger partial charge >= 0.3 is 0 Å². The molecule has 0 amide bonds. The molecule has 0 heterocycles. The minimum Gasteiger partial charge on any atom is -0.493 e. The van der Waals surface area contributed by atoms with E-state index in [1.54, 1.807) is 0 Å². The summed E-state index contributed by atoms with van der Waals surface area (Å²) in [7, 11) is -1.65. The zero-order valence-electron chi connectivity index (χ0n) is 8.02. The molecule has 0 saturated heterocycles. The fraction of sp³-hybridized carbons (Fsp3) is 0.250. The highest BCUT2D eigenvalue weighted by molar-refractivity contribution is 7.86. The summed E-state index contributed by atoms with van der Waals surface area (Å²) in [5.74, 6) is 0.351. The molecule has 0 radical (unpaired) electrons. The molecule has 7 heteroatoms. The van der Waals surface area contributed by atoms with E-state index >= 15 is 0 Å². The Hall–Kier alpha value is -0.980. The Morgan fingerprint density at radius 1 is 1.27 bits per heavy atom. The average Bonchev–Trinajstić information content (AvgIpc) is 2.15. The summed E-state index contributed by atoms with van der Waals surface area (Å²) < 4.78 is 40.4. The Morgan fingerprint density at radius 2 is 1.87 bits per heavy atom. The Bertz CT molecular complexity index is 468. The Balaban J connectivity index is 3.50. The summed E-state index contributed by atoms with van der Waals surface area (Å²) in [5.41, 5.74) is 0. The van der Waals surface area contributed by atoms with E-state index in [4.69, 9.17) is 25.6 Å². The first-order valence-corrected chi connectivity index (χ1v) is 5.61. The Kier molecular flexibility index (Phi) is 3.43. The van der Waals surface area contributed by atoms with Gasteiger partial charge in [0.05, 0.1) is 14.2 Å². The summed E-state index contributed by atoms with van der Waals surface area (Å²) in [6.07, 6.45) is 0. The van der Waals surface area contributed by atoms with Crippen LogP contribution in [-0.2, 0) is 10.1 Å². The van der Waals surface area contributed by atoms with Crippen LogP contribution in [0.2, 0.25) is 5.02 Å². The topological polar surface area (TPSA) is 72.8 Å². The molecule has 1 aromatic carbocycles. The first kappa shape index (κ1) is 12.1. The van der Waals surface area contributed by atoms with E-state index in [0.717, 1.165) is 6.07 Å². The van der Waals surface area contributed by atoms with Crippen molar-refractivity contribution in [2.75, 3.05) is 14.2 Å². The fourth-order valence-electron chi connectivity index (χ4n) is 1.07. The van der Waals surface area contributed by atoms with Gasteiger partial charge in [0.25, 0.3) is 10.1 Å². The van der Waals surface area contributed by atoms with Gasteiger partial charge in [-0.2, -0.15) is 8.42 Å². The Morgan fingerprint density at radius 3 is 2.27 bits per heavy atom. The highest BCUT2D eigenvalue weighted by atomic mass is 35.5. The quantitative estimate of drug-likeness (QED) is 0.828. The van der Waals surface area contributed by atoms with E-state index in [2.05, 4.69) is 0 Å². The summed E-state index contributed by atoms with van der Waals surface area (Å²) in [6, 6.07) is 2.48.